The number of carboxylic acids is 1. The minimum atomic E-state index is -0.666. The number of hydrogen-bond acceptors (Lipinski definition) is 1. The van der Waals surface area contributed by atoms with Crippen LogP contribution in [0.3, 0.4) is 0 Å². The summed E-state index contributed by atoms with van der Waals surface area (Å²) < 4.78 is 0. The predicted octanol–water partition coefficient (Wildman–Crippen LogP) is 4.06. The normalized spacial score (nSPS) is 14.2. The summed E-state index contributed by atoms with van der Waals surface area (Å²) in [4.78, 5) is 11.4. The van der Waals surface area contributed by atoms with Gasteiger partial charge in [0.2, 0.25) is 0 Å². The van der Waals surface area contributed by atoms with Crippen LogP contribution in [-0.2, 0) is 11.2 Å². The number of aryl methyl sites for hydroxylation is 1. The summed E-state index contributed by atoms with van der Waals surface area (Å²) in [7, 11) is 0. The maximum Gasteiger partial charge on any atom is 0.306 e. The third-order valence-electron chi connectivity index (χ3n) is 3.55. The van der Waals surface area contributed by atoms with Gasteiger partial charge in [-0.15, -0.1) is 0 Å². The highest BCUT2D eigenvalue weighted by Crippen LogP contribution is 2.22. The van der Waals surface area contributed by atoms with E-state index in [-0.39, 0.29) is 5.92 Å². The largest absolute Gasteiger partial charge is 0.481 e. The standard InChI is InChI=1S/C16H24O2/c1-4-7-12(2)10-15(16(17)18)11-14-9-6-5-8-13(14)3/h5-6,8-9,12,15H,4,7,10-11H2,1-3H3,(H,17,18). The molecule has 2 atom stereocenters. The van der Waals surface area contributed by atoms with E-state index in [1.807, 2.05) is 31.2 Å². The van der Waals surface area contributed by atoms with E-state index in [2.05, 4.69) is 13.8 Å². The van der Waals surface area contributed by atoms with Gasteiger partial charge in [0.25, 0.3) is 0 Å². The number of benzene rings is 1. The maximum atomic E-state index is 11.4. The molecule has 0 aliphatic carbocycles. The summed E-state index contributed by atoms with van der Waals surface area (Å²) in [5.74, 6) is -0.436. The van der Waals surface area contributed by atoms with Crippen molar-refractivity contribution in [1.82, 2.24) is 0 Å². The molecule has 0 saturated heterocycles. The van der Waals surface area contributed by atoms with Crippen molar-refractivity contribution in [1.29, 1.82) is 0 Å². The molecule has 0 amide bonds. The summed E-state index contributed by atoms with van der Waals surface area (Å²) in [6.07, 6.45) is 3.66. The highest BCUT2D eigenvalue weighted by molar-refractivity contribution is 5.70. The molecule has 0 aliphatic rings. The summed E-state index contributed by atoms with van der Waals surface area (Å²) >= 11 is 0. The summed E-state index contributed by atoms with van der Waals surface area (Å²) in [5.41, 5.74) is 2.35. The van der Waals surface area contributed by atoms with Gasteiger partial charge >= 0.3 is 5.97 Å². The zero-order valence-corrected chi connectivity index (χ0v) is 11.6. The minimum Gasteiger partial charge on any atom is -0.481 e. The van der Waals surface area contributed by atoms with E-state index in [1.54, 1.807) is 0 Å². The van der Waals surface area contributed by atoms with Crippen LogP contribution >= 0.6 is 0 Å². The van der Waals surface area contributed by atoms with E-state index in [0.29, 0.717) is 12.3 Å². The molecule has 0 saturated carbocycles. The van der Waals surface area contributed by atoms with Gasteiger partial charge < -0.3 is 5.11 Å². The monoisotopic (exact) mass is 248 g/mol. The first-order valence-electron chi connectivity index (χ1n) is 6.81. The van der Waals surface area contributed by atoms with Crippen LogP contribution in [0.4, 0.5) is 0 Å². The average molecular weight is 248 g/mol. The molecule has 0 heterocycles. The lowest BCUT2D eigenvalue weighted by Gasteiger charge is -2.18. The molecule has 0 aliphatic heterocycles. The van der Waals surface area contributed by atoms with Crippen molar-refractivity contribution in [2.24, 2.45) is 11.8 Å². The third-order valence-corrected chi connectivity index (χ3v) is 3.55. The first kappa shape index (κ1) is 14.7. The molecule has 0 fully saturated rings. The lowest BCUT2D eigenvalue weighted by molar-refractivity contribution is -0.142. The number of carboxylic acid groups (broad SMARTS) is 1. The highest BCUT2D eigenvalue weighted by atomic mass is 16.4. The highest BCUT2D eigenvalue weighted by Gasteiger charge is 2.21. The van der Waals surface area contributed by atoms with Crippen molar-refractivity contribution >= 4 is 5.97 Å². The van der Waals surface area contributed by atoms with Crippen LogP contribution in [0.1, 0.15) is 44.2 Å². The SMILES string of the molecule is CCCC(C)CC(Cc1ccccc1C)C(=O)O. The molecular weight excluding hydrogens is 224 g/mol. The minimum absolute atomic E-state index is 0.257. The molecule has 1 aromatic rings. The second-order valence-corrected chi connectivity index (χ2v) is 5.30. The maximum absolute atomic E-state index is 11.4. The van der Waals surface area contributed by atoms with Gasteiger partial charge in [-0.05, 0) is 36.8 Å². The van der Waals surface area contributed by atoms with Gasteiger partial charge in [-0.1, -0.05) is 51.0 Å². The first-order chi connectivity index (χ1) is 8.54. The van der Waals surface area contributed by atoms with Crippen LogP contribution < -0.4 is 0 Å². The second-order valence-electron chi connectivity index (χ2n) is 5.30. The lowest BCUT2D eigenvalue weighted by Crippen LogP contribution is -2.19. The van der Waals surface area contributed by atoms with Crippen molar-refractivity contribution in [2.75, 3.05) is 0 Å². The average Bonchev–Trinajstić information content (AvgIpc) is 2.31. The van der Waals surface area contributed by atoms with Gasteiger partial charge in [0.15, 0.2) is 0 Å². The number of rotatable bonds is 7. The summed E-state index contributed by atoms with van der Waals surface area (Å²) in [5, 5.41) is 9.34. The van der Waals surface area contributed by atoms with Gasteiger partial charge in [0.05, 0.1) is 5.92 Å². The lowest BCUT2D eigenvalue weighted by atomic mass is 9.87. The fourth-order valence-corrected chi connectivity index (χ4v) is 2.47. The van der Waals surface area contributed by atoms with Crippen LogP contribution in [0.25, 0.3) is 0 Å². The Labute approximate surface area is 110 Å². The molecular formula is C16H24O2. The van der Waals surface area contributed by atoms with E-state index in [0.717, 1.165) is 24.8 Å². The molecule has 2 heteroatoms. The quantitative estimate of drug-likeness (QED) is 0.790. The van der Waals surface area contributed by atoms with E-state index in [1.165, 1.54) is 5.56 Å². The van der Waals surface area contributed by atoms with Crippen molar-refractivity contribution in [2.45, 2.75) is 46.5 Å². The number of aliphatic carboxylic acids is 1. The van der Waals surface area contributed by atoms with Crippen LogP contribution in [0.5, 0.6) is 0 Å². The molecule has 0 spiro atoms. The Kier molecular flexibility index (Phi) is 5.90. The van der Waals surface area contributed by atoms with Crippen LogP contribution in [0, 0.1) is 18.8 Å². The number of hydrogen-bond donors (Lipinski definition) is 1. The van der Waals surface area contributed by atoms with Crippen molar-refractivity contribution in [3.05, 3.63) is 35.4 Å². The molecule has 0 radical (unpaired) electrons. The Morgan fingerprint density at radius 1 is 1.33 bits per heavy atom. The topological polar surface area (TPSA) is 37.3 Å². The van der Waals surface area contributed by atoms with Gasteiger partial charge in [-0.3, -0.25) is 4.79 Å². The van der Waals surface area contributed by atoms with Crippen molar-refractivity contribution in [3.8, 4) is 0 Å². The molecule has 2 nitrogen and oxygen atoms in total. The number of carbonyl (C=O) groups is 1. The van der Waals surface area contributed by atoms with E-state index in [9.17, 15) is 9.90 Å². The first-order valence-corrected chi connectivity index (χ1v) is 6.81. The van der Waals surface area contributed by atoms with Gasteiger partial charge in [-0.2, -0.15) is 0 Å². The van der Waals surface area contributed by atoms with Gasteiger partial charge in [-0.25, -0.2) is 0 Å². The van der Waals surface area contributed by atoms with Crippen LogP contribution in [0.15, 0.2) is 24.3 Å². The molecule has 1 rings (SSSR count). The Bertz CT molecular complexity index is 384. The smallest absolute Gasteiger partial charge is 0.306 e. The van der Waals surface area contributed by atoms with Crippen molar-refractivity contribution in [3.63, 3.8) is 0 Å². The Morgan fingerprint density at radius 2 is 2.00 bits per heavy atom. The predicted molar refractivity (Wildman–Crippen MR) is 74.7 cm³/mol. The molecule has 0 bridgehead atoms. The molecule has 0 aromatic heterocycles. The van der Waals surface area contributed by atoms with Crippen molar-refractivity contribution < 1.29 is 9.90 Å². The Balaban J connectivity index is 2.69. The van der Waals surface area contributed by atoms with Crippen LogP contribution in [0.2, 0.25) is 0 Å². The molecule has 2 unspecified atom stereocenters. The fraction of sp³-hybridized carbons (Fsp3) is 0.562. The van der Waals surface area contributed by atoms with Crippen LogP contribution in [-0.4, -0.2) is 11.1 Å². The zero-order chi connectivity index (χ0) is 13.5. The van der Waals surface area contributed by atoms with Gasteiger partial charge in [0, 0.05) is 0 Å². The zero-order valence-electron chi connectivity index (χ0n) is 11.6. The molecule has 1 aromatic carbocycles. The Hall–Kier alpha value is -1.31. The van der Waals surface area contributed by atoms with E-state index < -0.39 is 5.97 Å². The van der Waals surface area contributed by atoms with E-state index >= 15 is 0 Å². The Morgan fingerprint density at radius 3 is 2.56 bits per heavy atom. The summed E-state index contributed by atoms with van der Waals surface area (Å²) in [6.45, 7) is 6.34. The summed E-state index contributed by atoms with van der Waals surface area (Å²) in [6, 6.07) is 8.06. The van der Waals surface area contributed by atoms with Gasteiger partial charge in [0.1, 0.15) is 0 Å². The molecule has 100 valence electrons. The molecule has 1 N–H and O–H groups in total. The fourth-order valence-electron chi connectivity index (χ4n) is 2.47. The third kappa shape index (κ3) is 4.52. The second kappa shape index (κ2) is 7.20. The molecule has 18 heavy (non-hydrogen) atoms. The van der Waals surface area contributed by atoms with E-state index in [4.69, 9.17) is 0 Å².